The second-order valence-electron chi connectivity index (χ2n) is 5.60. The standard InChI is InChI=1S/C16H36O2Si/c1-7-15(8-2)13-17-19(11-5,12-6)18-14-16(9-3)10-4/h15-16H,7-14H2,1-6H3. The maximum Gasteiger partial charge on any atom is 0.337 e. The molecule has 0 amide bonds. The molecule has 0 radical (unpaired) electrons. The van der Waals surface area contributed by atoms with Crippen molar-refractivity contribution in [3.8, 4) is 0 Å². The first-order valence-electron chi connectivity index (χ1n) is 8.38. The molecule has 19 heavy (non-hydrogen) atoms. The van der Waals surface area contributed by atoms with E-state index in [4.69, 9.17) is 8.85 Å². The van der Waals surface area contributed by atoms with Gasteiger partial charge in [0, 0.05) is 13.2 Å². The van der Waals surface area contributed by atoms with Gasteiger partial charge in [-0.05, 0) is 23.9 Å². The Balaban J connectivity index is 4.39. The number of hydrogen-bond donors (Lipinski definition) is 0. The fraction of sp³-hybridized carbons (Fsp3) is 1.00. The molecule has 0 rings (SSSR count). The Labute approximate surface area is 122 Å². The lowest BCUT2D eigenvalue weighted by molar-refractivity contribution is 0.123. The summed E-state index contributed by atoms with van der Waals surface area (Å²) in [7, 11) is -1.93. The summed E-state index contributed by atoms with van der Waals surface area (Å²) in [5, 5.41) is 0. The fourth-order valence-electron chi connectivity index (χ4n) is 2.29. The van der Waals surface area contributed by atoms with E-state index in [1.165, 1.54) is 25.7 Å². The molecular formula is C16H36O2Si. The molecule has 3 heteroatoms. The van der Waals surface area contributed by atoms with Gasteiger partial charge in [-0.15, -0.1) is 0 Å². The largest absolute Gasteiger partial charge is 0.394 e. The molecule has 0 atom stereocenters. The van der Waals surface area contributed by atoms with E-state index in [1.54, 1.807) is 0 Å². The van der Waals surface area contributed by atoms with Crippen molar-refractivity contribution in [3.05, 3.63) is 0 Å². The average molecular weight is 289 g/mol. The van der Waals surface area contributed by atoms with Crippen molar-refractivity contribution in [2.24, 2.45) is 11.8 Å². The van der Waals surface area contributed by atoms with Crippen LogP contribution in [0.5, 0.6) is 0 Å². The van der Waals surface area contributed by atoms with Crippen LogP contribution in [0, 0.1) is 11.8 Å². The lowest BCUT2D eigenvalue weighted by Crippen LogP contribution is -2.43. The summed E-state index contributed by atoms with van der Waals surface area (Å²) in [6, 6.07) is 2.15. The Morgan fingerprint density at radius 1 is 0.632 bits per heavy atom. The van der Waals surface area contributed by atoms with Crippen molar-refractivity contribution < 1.29 is 8.85 Å². The van der Waals surface area contributed by atoms with Crippen LogP contribution < -0.4 is 0 Å². The summed E-state index contributed by atoms with van der Waals surface area (Å²) >= 11 is 0. The van der Waals surface area contributed by atoms with Crippen LogP contribution in [0.25, 0.3) is 0 Å². The highest BCUT2D eigenvalue weighted by molar-refractivity contribution is 6.67. The van der Waals surface area contributed by atoms with Crippen molar-refractivity contribution in [2.75, 3.05) is 13.2 Å². The van der Waals surface area contributed by atoms with E-state index in [-0.39, 0.29) is 0 Å². The molecule has 0 saturated heterocycles. The van der Waals surface area contributed by atoms with Crippen LogP contribution >= 0.6 is 0 Å². The van der Waals surface area contributed by atoms with Gasteiger partial charge in [-0.1, -0.05) is 67.2 Å². The molecule has 0 spiro atoms. The highest BCUT2D eigenvalue weighted by Gasteiger charge is 2.34. The number of hydrogen-bond acceptors (Lipinski definition) is 2. The van der Waals surface area contributed by atoms with Crippen LogP contribution in [0.3, 0.4) is 0 Å². The molecule has 116 valence electrons. The molecule has 0 aliphatic rings. The predicted octanol–water partition coefficient (Wildman–Crippen LogP) is 5.37. The summed E-state index contributed by atoms with van der Waals surface area (Å²) in [5.74, 6) is 1.39. The molecule has 0 aromatic heterocycles. The summed E-state index contributed by atoms with van der Waals surface area (Å²) < 4.78 is 12.7. The maximum atomic E-state index is 6.33. The van der Waals surface area contributed by atoms with Gasteiger partial charge >= 0.3 is 8.56 Å². The minimum Gasteiger partial charge on any atom is -0.394 e. The minimum atomic E-state index is -1.93. The van der Waals surface area contributed by atoms with Crippen molar-refractivity contribution in [2.45, 2.75) is 79.3 Å². The zero-order chi connectivity index (χ0) is 14.7. The molecule has 0 saturated carbocycles. The molecule has 0 aliphatic carbocycles. The minimum absolute atomic E-state index is 0.696. The predicted molar refractivity (Wildman–Crippen MR) is 86.8 cm³/mol. The molecule has 0 heterocycles. The molecule has 0 aromatic rings. The van der Waals surface area contributed by atoms with Crippen molar-refractivity contribution in [3.63, 3.8) is 0 Å². The second-order valence-corrected chi connectivity index (χ2v) is 9.42. The molecule has 2 nitrogen and oxygen atoms in total. The fourth-order valence-corrected chi connectivity index (χ4v) is 4.77. The normalized spacial score (nSPS) is 12.6. The zero-order valence-corrected chi connectivity index (χ0v) is 15.1. The van der Waals surface area contributed by atoms with Gasteiger partial charge < -0.3 is 8.85 Å². The van der Waals surface area contributed by atoms with E-state index in [0.29, 0.717) is 11.8 Å². The second kappa shape index (κ2) is 10.9. The SMILES string of the molecule is CCC(CC)CO[Si](CC)(CC)OCC(CC)CC. The summed E-state index contributed by atoms with van der Waals surface area (Å²) in [4.78, 5) is 0. The van der Waals surface area contributed by atoms with Crippen LogP contribution in [0.4, 0.5) is 0 Å². The first kappa shape index (κ1) is 19.1. The Hall–Kier alpha value is 0.137. The lowest BCUT2D eigenvalue weighted by atomic mass is 10.1. The third kappa shape index (κ3) is 6.91. The molecule has 0 N–H and O–H groups in total. The summed E-state index contributed by atoms with van der Waals surface area (Å²) in [5.41, 5.74) is 0. The Morgan fingerprint density at radius 2 is 0.947 bits per heavy atom. The van der Waals surface area contributed by atoms with E-state index in [1.807, 2.05) is 0 Å². The molecule has 0 unspecified atom stereocenters. The molecule has 0 bridgehead atoms. The van der Waals surface area contributed by atoms with E-state index < -0.39 is 8.56 Å². The summed E-state index contributed by atoms with van der Waals surface area (Å²) in [6.45, 7) is 15.3. The molecule has 0 fully saturated rings. The van der Waals surface area contributed by atoms with Crippen LogP contribution in [0.1, 0.15) is 67.2 Å². The Morgan fingerprint density at radius 3 is 1.16 bits per heavy atom. The highest BCUT2D eigenvalue weighted by atomic mass is 28.4. The van der Waals surface area contributed by atoms with Crippen molar-refractivity contribution >= 4 is 8.56 Å². The summed E-state index contributed by atoms with van der Waals surface area (Å²) in [6.07, 6.45) is 4.84. The van der Waals surface area contributed by atoms with E-state index in [0.717, 1.165) is 25.3 Å². The first-order chi connectivity index (χ1) is 9.11. The third-order valence-corrected chi connectivity index (χ3v) is 8.09. The topological polar surface area (TPSA) is 18.5 Å². The highest BCUT2D eigenvalue weighted by Crippen LogP contribution is 2.23. The van der Waals surface area contributed by atoms with Gasteiger partial charge in [-0.25, -0.2) is 0 Å². The van der Waals surface area contributed by atoms with Gasteiger partial charge in [0.2, 0.25) is 0 Å². The van der Waals surface area contributed by atoms with E-state index in [2.05, 4.69) is 41.5 Å². The quantitative estimate of drug-likeness (QED) is 0.449. The molecule has 0 aliphatic heterocycles. The number of rotatable bonds is 12. The van der Waals surface area contributed by atoms with E-state index in [9.17, 15) is 0 Å². The lowest BCUT2D eigenvalue weighted by Gasteiger charge is -2.32. The van der Waals surface area contributed by atoms with Crippen molar-refractivity contribution in [1.82, 2.24) is 0 Å². The van der Waals surface area contributed by atoms with Gasteiger partial charge in [-0.2, -0.15) is 0 Å². The van der Waals surface area contributed by atoms with Crippen LogP contribution in [0.15, 0.2) is 0 Å². The van der Waals surface area contributed by atoms with Crippen molar-refractivity contribution in [1.29, 1.82) is 0 Å². The van der Waals surface area contributed by atoms with Crippen LogP contribution in [0.2, 0.25) is 12.1 Å². The van der Waals surface area contributed by atoms with Crippen LogP contribution in [-0.2, 0) is 8.85 Å². The average Bonchev–Trinajstić information content (AvgIpc) is 2.47. The molecular weight excluding hydrogens is 252 g/mol. The van der Waals surface area contributed by atoms with Gasteiger partial charge in [0.1, 0.15) is 0 Å². The maximum absolute atomic E-state index is 6.33. The van der Waals surface area contributed by atoms with Crippen LogP contribution in [-0.4, -0.2) is 21.8 Å². The third-order valence-electron chi connectivity index (χ3n) is 4.55. The first-order valence-corrected chi connectivity index (χ1v) is 10.6. The Bertz CT molecular complexity index is 179. The molecule has 0 aromatic carbocycles. The van der Waals surface area contributed by atoms with Gasteiger partial charge in [0.05, 0.1) is 0 Å². The monoisotopic (exact) mass is 288 g/mol. The van der Waals surface area contributed by atoms with Gasteiger partial charge in [0.15, 0.2) is 0 Å². The smallest absolute Gasteiger partial charge is 0.337 e. The van der Waals surface area contributed by atoms with Gasteiger partial charge in [-0.3, -0.25) is 0 Å². The zero-order valence-electron chi connectivity index (χ0n) is 14.1. The Kier molecular flexibility index (Phi) is 10.9. The van der Waals surface area contributed by atoms with Gasteiger partial charge in [0.25, 0.3) is 0 Å². The van der Waals surface area contributed by atoms with E-state index >= 15 is 0 Å².